The van der Waals surface area contributed by atoms with Crippen LogP contribution in [0.15, 0.2) is 78.4 Å². The van der Waals surface area contributed by atoms with E-state index in [-0.39, 0.29) is 24.0 Å². The molecule has 192 valence electrons. The number of hydrogen-bond acceptors (Lipinski definition) is 6. The highest BCUT2D eigenvalue weighted by Crippen LogP contribution is 2.40. The predicted molar refractivity (Wildman–Crippen MR) is 141 cm³/mol. The van der Waals surface area contributed by atoms with Crippen LogP contribution in [-0.2, 0) is 16.0 Å². The SMILES string of the molecule is COc1ccc(CCN2C(=O)C(=O)/C(=C(\O)c3cccc(OC(C)C)c3)C2c2cccc(OC)c2)cc1. The summed E-state index contributed by atoms with van der Waals surface area (Å²) >= 11 is 0. The van der Waals surface area contributed by atoms with E-state index in [1.54, 1.807) is 56.7 Å². The van der Waals surface area contributed by atoms with Gasteiger partial charge in [-0.2, -0.15) is 0 Å². The Morgan fingerprint density at radius 2 is 1.57 bits per heavy atom. The maximum atomic E-state index is 13.3. The number of ketones is 1. The lowest BCUT2D eigenvalue weighted by Gasteiger charge is -2.25. The first-order chi connectivity index (χ1) is 17.8. The Balaban J connectivity index is 1.76. The summed E-state index contributed by atoms with van der Waals surface area (Å²) < 4.78 is 16.4. The molecule has 7 nitrogen and oxygen atoms in total. The molecule has 0 bridgehead atoms. The van der Waals surface area contributed by atoms with Crippen LogP contribution in [0.5, 0.6) is 17.2 Å². The fourth-order valence-electron chi connectivity index (χ4n) is 4.45. The Hall–Kier alpha value is -4.26. The van der Waals surface area contributed by atoms with E-state index in [1.165, 1.54) is 4.90 Å². The fourth-order valence-corrected chi connectivity index (χ4v) is 4.45. The van der Waals surface area contributed by atoms with Crippen molar-refractivity contribution < 1.29 is 28.9 Å². The van der Waals surface area contributed by atoms with E-state index in [9.17, 15) is 14.7 Å². The summed E-state index contributed by atoms with van der Waals surface area (Å²) in [6.45, 7) is 4.10. The summed E-state index contributed by atoms with van der Waals surface area (Å²) in [4.78, 5) is 28.1. The first kappa shape index (κ1) is 25.8. The lowest BCUT2D eigenvalue weighted by Crippen LogP contribution is -2.31. The highest BCUT2D eigenvalue weighted by molar-refractivity contribution is 6.46. The monoisotopic (exact) mass is 501 g/mol. The average molecular weight is 502 g/mol. The smallest absolute Gasteiger partial charge is 0.295 e. The van der Waals surface area contributed by atoms with Crippen molar-refractivity contribution in [3.05, 3.63) is 95.1 Å². The molecule has 3 aromatic rings. The number of ether oxygens (including phenoxy) is 3. The molecular formula is C30H31NO6. The van der Waals surface area contributed by atoms with E-state index < -0.39 is 17.7 Å². The number of aliphatic hydroxyl groups is 1. The molecule has 0 aliphatic carbocycles. The molecule has 1 N–H and O–H groups in total. The number of Topliss-reactive ketones (excluding diaryl/α,β-unsaturated/α-hetero) is 1. The summed E-state index contributed by atoms with van der Waals surface area (Å²) in [6, 6.07) is 20.9. The molecule has 1 saturated heterocycles. The van der Waals surface area contributed by atoms with Crippen LogP contribution in [0.4, 0.5) is 0 Å². The van der Waals surface area contributed by atoms with E-state index >= 15 is 0 Å². The second-order valence-corrected chi connectivity index (χ2v) is 9.06. The van der Waals surface area contributed by atoms with E-state index in [0.29, 0.717) is 29.0 Å². The summed E-state index contributed by atoms with van der Waals surface area (Å²) in [7, 11) is 3.16. The van der Waals surface area contributed by atoms with Crippen molar-refractivity contribution in [1.29, 1.82) is 0 Å². The Labute approximate surface area is 216 Å². The first-order valence-electron chi connectivity index (χ1n) is 12.1. The highest BCUT2D eigenvalue weighted by atomic mass is 16.5. The first-order valence-corrected chi connectivity index (χ1v) is 12.1. The second kappa shape index (κ2) is 11.2. The number of nitrogens with zero attached hydrogens (tertiary/aromatic N) is 1. The highest BCUT2D eigenvalue weighted by Gasteiger charge is 2.46. The van der Waals surface area contributed by atoms with Crippen molar-refractivity contribution in [2.75, 3.05) is 20.8 Å². The van der Waals surface area contributed by atoms with Crippen molar-refractivity contribution in [2.24, 2.45) is 0 Å². The van der Waals surface area contributed by atoms with Crippen LogP contribution in [0.2, 0.25) is 0 Å². The molecule has 0 spiro atoms. The topological polar surface area (TPSA) is 85.3 Å². The number of hydrogen-bond donors (Lipinski definition) is 1. The summed E-state index contributed by atoms with van der Waals surface area (Å²) in [5, 5.41) is 11.4. The average Bonchev–Trinajstić information content (AvgIpc) is 3.16. The van der Waals surface area contributed by atoms with Crippen LogP contribution < -0.4 is 14.2 Å². The number of carbonyl (C=O) groups is 2. The Morgan fingerprint density at radius 1 is 0.892 bits per heavy atom. The molecular weight excluding hydrogens is 470 g/mol. The molecule has 0 saturated carbocycles. The zero-order valence-corrected chi connectivity index (χ0v) is 21.4. The van der Waals surface area contributed by atoms with Crippen molar-refractivity contribution in [2.45, 2.75) is 32.4 Å². The number of rotatable bonds is 9. The fraction of sp³-hybridized carbons (Fsp3) is 0.267. The molecule has 1 unspecified atom stereocenters. The van der Waals surface area contributed by atoms with Gasteiger partial charge in [-0.15, -0.1) is 0 Å². The number of amides is 1. The minimum Gasteiger partial charge on any atom is -0.507 e. The van der Waals surface area contributed by atoms with Crippen LogP contribution in [0.25, 0.3) is 5.76 Å². The maximum Gasteiger partial charge on any atom is 0.295 e. The summed E-state index contributed by atoms with van der Waals surface area (Å²) in [6.07, 6.45) is 0.465. The van der Waals surface area contributed by atoms with Gasteiger partial charge in [0.05, 0.1) is 31.9 Å². The zero-order chi connectivity index (χ0) is 26.5. The minimum atomic E-state index is -0.775. The third kappa shape index (κ3) is 5.61. The van der Waals surface area contributed by atoms with Gasteiger partial charge in [-0.05, 0) is 67.8 Å². The standard InChI is InChI=1S/C30H31NO6/c1-19(2)37-25-10-6-8-22(18-25)28(32)26-27(21-7-5-9-24(17-21)36-4)31(30(34)29(26)33)16-15-20-11-13-23(35-3)14-12-20/h5-14,17-19,27,32H,15-16H2,1-4H3/b28-26-. The quantitative estimate of drug-likeness (QED) is 0.248. The van der Waals surface area contributed by atoms with Crippen LogP contribution in [0.3, 0.4) is 0 Å². The van der Waals surface area contributed by atoms with Gasteiger partial charge in [0.15, 0.2) is 0 Å². The van der Waals surface area contributed by atoms with Crippen LogP contribution in [0.1, 0.15) is 36.6 Å². The maximum absolute atomic E-state index is 13.3. The molecule has 37 heavy (non-hydrogen) atoms. The second-order valence-electron chi connectivity index (χ2n) is 9.06. The molecule has 1 atom stereocenters. The molecule has 1 amide bonds. The number of likely N-dealkylation sites (tertiary alicyclic amines) is 1. The van der Waals surface area contributed by atoms with E-state index in [0.717, 1.165) is 11.3 Å². The van der Waals surface area contributed by atoms with Crippen LogP contribution >= 0.6 is 0 Å². The van der Waals surface area contributed by atoms with Gasteiger partial charge in [0, 0.05) is 12.1 Å². The Morgan fingerprint density at radius 3 is 2.24 bits per heavy atom. The molecule has 1 heterocycles. The van der Waals surface area contributed by atoms with Gasteiger partial charge in [-0.25, -0.2) is 0 Å². The normalized spacial score (nSPS) is 16.8. The summed E-state index contributed by atoms with van der Waals surface area (Å²) in [5.74, 6) is 0.264. The molecule has 4 rings (SSSR count). The van der Waals surface area contributed by atoms with Gasteiger partial charge in [-0.3, -0.25) is 9.59 Å². The number of methoxy groups -OCH3 is 2. The molecule has 0 aromatic heterocycles. The molecule has 1 aliphatic heterocycles. The van der Waals surface area contributed by atoms with Gasteiger partial charge in [0.25, 0.3) is 11.7 Å². The molecule has 3 aromatic carbocycles. The third-order valence-electron chi connectivity index (χ3n) is 6.23. The molecule has 7 heteroatoms. The third-order valence-corrected chi connectivity index (χ3v) is 6.23. The van der Waals surface area contributed by atoms with Crippen molar-refractivity contribution >= 4 is 17.4 Å². The van der Waals surface area contributed by atoms with Gasteiger partial charge in [0.1, 0.15) is 23.0 Å². The summed E-state index contributed by atoms with van der Waals surface area (Å²) in [5.41, 5.74) is 2.10. The molecule has 0 radical (unpaired) electrons. The van der Waals surface area contributed by atoms with E-state index in [2.05, 4.69) is 0 Å². The number of carbonyl (C=O) groups excluding carboxylic acids is 2. The van der Waals surface area contributed by atoms with Gasteiger partial charge in [-0.1, -0.05) is 36.4 Å². The Kier molecular flexibility index (Phi) is 7.82. The van der Waals surface area contributed by atoms with Gasteiger partial charge in [0.2, 0.25) is 0 Å². The zero-order valence-electron chi connectivity index (χ0n) is 21.4. The van der Waals surface area contributed by atoms with Crippen LogP contribution in [-0.4, -0.2) is 48.6 Å². The Bertz CT molecular complexity index is 1310. The van der Waals surface area contributed by atoms with Gasteiger partial charge >= 0.3 is 0 Å². The van der Waals surface area contributed by atoms with Crippen molar-refractivity contribution in [3.63, 3.8) is 0 Å². The van der Waals surface area contributed by atoms with E-state index in [1.807, 2.05) is 44.2 Å². The largest absolute Gasteiger partial charge is 0.507 e. The van der Waals surface area contributed by atoms with Gasteiger partial charge < -0.3 is 24.2 Å². The number of benzene rings is 3. The lowest BCUT2D eigenvalue weighted by molar-refractivity contribution is -0.139. The predicted octanol–water partition coefficient (Wildman–Crippen LogP) is 5.16. The van der Waals surface area contributed by atoms with Crippen molar-refractivity contribution in [3.8, 4) is 17.2 Å². The molecule has 1 fully saturated rings. The van der Waals surface area contributed by atoms with Crippen molar-refractivity contribution in [1.82, 2.24) is 4.90 Å². The van der Waals surface area contributed by atoms with Crippen LogP contribution in [0, 0.1) is 0 Å². The number of aliphatic hydroxyl groups excluding tert-OH is 1. The molecule has 1 aliphatic rings. The minimum absolute atomic E-state index is 0.0367. The van der Waals surface area contributed by atoms with E-state index in [4.69, 9.17) is 14.2 Å². The lowest BCUT2D eigenvalue weighted by atomic mass is 9.95.